The molecular weight excluding hydrogens is 278 g/mol. The van der Waals surface area contributed by atoms with Crippen LogP contribution < -0.4 is 14.8 Å². The third-order valence-electron chi connectivity index (χ3n) is 3.81. The van der Waals surface area contributed by atoms with Gasteiger partial charge in [0.1, 0.15) is 13.2 Å². The lowest BCUT2D eigenvalue weighted by molar-refractivity contribution is 0.0938. The molecule has 4 nitrogen and oxygen atoms in total. The van der Waals surface area contributed by atoms with E-state index in [1.54, 1.807) is 18.2 Å². The number of fused-ring (bicyclic) bond motifs is 1. The van der Waals surface area contributed by atoms with Crippen molar-refractivity contribution < 1.29 is 14.3 Å². The largest absolute Gasteiger partial charge is 0.486 e. The third kappa shape index (κ3) is 2.91. The molecule has 4 heteroatoms. The van der Waals surface area contributed by atoms with Crippen molar-refractivity contribution in [3.63, 3.8) is 0 Å². The highest BCUT2D eigenvalue weighted by atomic mass is 16.6. The Kier molecular flexibility index (Phi) is 4.00. The van der Waals surface area contributed by atoms with E-state index in [2.05, 4.69) is 5.32 Å². The molecule has 0 saturated carbocycles. The van der Waals surface area contributed by atoms with Gasteiger partial charge in [-0.15, -0.1) is 0 Å². The summed E-state index contributed by atoms with van der Waals surface area (Å²) in [5.74, 6) is 1.20. The van der Waals surface area contributed by atoms with Crippen molar-refractivity contribution >= 4 is 5.91 Å². The average Bonchev–Trinajstić information content (AvgIpc) is 2.54. The Labute approximate surface area is 130 Å². The van der Waals surface area contributed by atoms with Gasteiger partial charge in [0.25, 0.3) is 5.91 Å². The van der Waals surface area contributed by atoms with Gasteiger partial charge < -0.3 is 14.8 Å². The van der Waals surface area contributed by atoms with Gasteiger partial charge in [-0.2, -0.15) is 0 Å². The van der Waals surface area contributed by atoms with Gasteiger partial charge in [0.15, 0.2) is 11.5 Å². The molecule has 0 bridgehead atoms. The standard InChI is InChI=1S/C18H19NO3/c1-12-5-3-4-6-15(12)13(2)19-18(20)14-7-8-16-17(11-14)22-10-9-21-16/h3-8,11,13H,9-10H2,1-2H3,(H,19,20). The predicted octanol–water partition coefficient (Wildman–Crippen LogP) is 3.26. The number of hydrogen-bond acceptors (Lipinski definition) is 3. The van der Waals surface area contributed by atoms with Gasteiger partial charge in [-0.05, 0) is 43.2 Å². The van der Waals surface area contributed by atoms with Gasteiger partial charge in [0.05, 0.1) is 6.04 Å². The Morgan fingerprint density at radius 1 is 1.09 bits per heavy atom. The van der Waals surface area contributed by atoms with E-state index < -0.39 is 0 Å². The fourth-order valence-corrected chi connectivity index (χ4v) is 2.61. The van der Waals surface area contributed by atoms with Crippen LogP contribution >= 0.6 is 0 Å². The van der Waals surface area contributed by atoms with E-state index in [9.17, 15) is 4.79 Å². The molecule has 0 fully saturated rings. The fraction of sp³-hybridized carbons (Fsp3) is 0.278. The molecule has 1 aliphatic heterocycles. The molecule has 0 aliphatic carbocycles. The number of aryl methyl sites for hydroxylation is 1. The SMILES string of the molecule is Cc1ccccc1C(C)NC(=O)c1ccc2c(c1)OCCO2. The maximum Gasteiger partial charge on any atom is 0.251 e. The Balaban J connectivity index is 1.76. The number of carbonyl (C=O) groups is 1. The molecule has 1 aliphatic rings. The van der Waals surface area contributed by atoms with Gasteiger partial charge in [-0.3, -0.25) is 4.79 Å². The molecule has 22 heavy (non-hydrogen) atoms. The first-order valence-electron chi connectivity index (χ1n) is 7.41. The molecule has 0 radical (unpaired) electrons. The van der Waals surface area contributed by atoms with Gasteiger partial charge in [0, 0.05) is 5.56 Å². The summed E-state index contributed by atoms with van der Waals surface area (Å²) in [7, 11) is 0. The zero-order valence-electron chi connectivity index (χ0n) is 12.8. The number of hydrogen-bond donors (Lipinski definition) is 1. The number of benzene rings is 2. The second-order valence-electron chi connectivity index (χ2n) is 5.41. The van der Waals surface area contributed by atoms with Crippen LogP contribution in [0, 0.1) is 6.92 Å². The highest BCUT2D eigenvalue weighted by Gasteiger charge is 2.17. The number of rotatable bonds is 3. The van der Waals surface area contributed by atoms with Crippen LogP contribution in [0.1, 0.15) is 34.5 Å². The van der Waals surface area contributed by atoms with Crippen molar-refractivity contribution in [1.82, 2.24) is 5.32 Å². The first-order chi connectivity index (χ1) is 10.6. The molecule has 3 rings (SSSR count). The third-order valence-corrected chi connectivity index (χ3v) is 3.81. The Hall–Kier alpha value is -2.49. The lowest BCUT2D eigenvalue weighted by Crippen LogP contribution is -2.27. The number of ether oxygens (including phenoxy) is 2. The van der Waals surface area contributed by atoms with Crippen LogP contribution in [0.4, 0.5) is 0 Å². The zero-order valence-corrected chi connectivity index (χ0v) is 12.8. The van der Waals surface area contributed by atoms with Crippen LogP contribution in [0.25, 0.3) is 0 Å². The molecular formula is C18H19NO3. The van der Waals surface area contributed by atoms with Crippen molar-refractivity contribution in [2.24, 2.45) is 0 Å². The van der Waals surface area contributed by atoms with Crippen LogP contribution in [0.3, 0.4) is 0 Å². The molecule has 1 N–H and O–H groups in total. The van der Waals surface area contributed by atoms with Crippen molar-refractivity contribution in [1.29, 1.82) is 0 Å². The lowest BCUT2D eigenvalue weighted by atomic mass is 10.0. The summed E-state index contributed by atoms with van der Waals surface area (Å²) in [6, 6.07) is 13.3. The Morgan fingerprint density at radius 2 is 1.82 bits per heavy atom. The molecule has 0 saturated heterocycles. The average molecular weight is 297 g/mol. The quantitative estimate of drug-likeness (QED) is 0.946. The number of amides is 1. The summed E-state index contributed by atoms with van der Waals surface area (Å²) >= 11 is 0. The molecule has 1 unspecified atom stereocenters. The molecule has 0 aromatic heterocycles. The van der Waals surface area contributed by atoms with Crippen molar-refractivity contribution in [3.05, 3.63) is 59.2 Å². The lowest BCUT2D eigenvalue weighted by Gasteiger charge is -2.20. The monoisotopic (exact) mass is 297 g/mol. The van der Waals surface area contributed by atoms with E-state index in [0.717, 1.165) is 11.1 Å². The Bertz CT molecular complexity index is 696. The van der Waals surface area contributed by atoms with Gasteiger partial charge in [0.2, 0.25) is 0 Å². The van der Waals surface area contributed by atoms with Crippen LogP contribution in [0.5, 0.6) is 11.5 Å². The summed E-state index contributed by atoms with van der Waals surface area (Å²) in [6.45, 7) is 5.08. The Morgan fingerprint density at radius 3 is 2.59 bits per heavy atom. The first-order valence-corrected chi connectivity index (χ1v) is 7.41. The minimum Gasteiger partial charge on any atom is -0.486 e. The number of nitrogens with one attached hydrogen (secondary N) is 1. The summed E-state index contributed by atoms with van der Waals surface area (Å²) in [5.41, 5.74) is 2.86. The maximum atomic E-state index is 12.4. The summed E-state index contributed by atoms with van der Waals surface area (Å²) in [6.07, 6.45) is 0. The van der Waals surface area contributed by atoms with Crippen LogP contribution in [0.2, 0.25) is 0 Å². The minimum absolute atomic E-state index is 0.0538. The normalized spacial score (nSPS) is 14.3. The van der Waals surface area contributed by atoms with E-state index in [1.165, 1.54) is 0 Å². The predicted molar refractivity (Wildman–Crippen MR) is 84.5 cm³/mol. The zero-order chi connectivity index (χ0) is 15.5. The van der Waals surface area contributed by atoms with E-state index in [0.29, 0.717) is 30.3 Å². The van der Waals surface area contributed by atoms with E-state index in [-0.39, 0.29) is 11.9 Å². The van der Waals surface area contributed by atoms with Crippen molar-refractivity contribution in [3.8, 4) is 11.5 Å². The maximum absolute atomic E-state index is 12.4. The van der Waals surface area contributed by atoms with Crippen molar-refractivity contribution in [2.75, 3.05) is 13.2 Å². The molecule has 1 amide bonds. The highest BCUT2D eigenvalue weighted by Crippen LogP contribution is 2.30. The second kappa shape index (κ2) is 6.10. The highest BCUT2D eigenvalue weighted by molar-refractivity contribution is 5.95. The molecule has 0 spiro atoms. The molecule has 2 aromatic carbocycles. The van der Waals surface area contributed by atoms with Crippen LogP contribution in [-0.4, -0.2) is 19.1 Å². The summed E-state index contributed by atoms with van der Waals surface area (Å²) < 4.78 is 11.0. The van der Waals surface area contributed by atoms with Gasteiger partial charge in [-0.1, -0.05) is 24.3 Å². The van der Waals surface area contributed by atoms with E-state index in [4.69, 9.17) is 9.47 Å². The minimum atomic E-state index is -0.118. The summed E-state index contributed by atoms with van der Waals surface area (Å²) in [4.78, 5) is 12.4. The first kappa shape index (κ1) is 14.4. The van der Waals surface area contributed by atoms with Gasteiger partial charge >= 0.3 is 0 Å². The number of carbonyl (C=O) groups excluding carboxylic acids is 1. The molecule has 114 valence electrons. The summed E-state index contributed by atoms with van der Waals surface area (Å²) in [5, 5.41) is 3.02. The molecule has 1 heterocycles. The van der Waals surface area contributed by atoms with E-state index in [1.807, 2.05) is 38.1 Å². The van der Waals surface area contributed by atoms with Crippen LogP contribution in [0.15, 0.2) is 42.5 Å². The van der Waals surface area contributed by atoms with Crippen LogP contribution in [-0.2, 0) is 0 Å². The van der Waals surface area contributed by atoms with Crippen molar-refractivity contribution in [2.45, 2.75) is 19.9 Å². The second-order valence-corrected chi connectivity index (χ2v) is 5.41. The van der Waals surface area contributed by atoms with E-state index >= 15 is 0 Å². The fourth-order valence-electron chi connectivity index (χ4n) is 2.61. The molecule has 1 atom stereocenters. The van der Waals surface area contributed by atoms with Gasteiger partial charge in [-0.25, -0.2) is 0 Å². The molecule has 2 aromatic rings. The smallest absolute Gasteiger partial charge is 0.251 e. The topological polar surface area (TPSA) is 47.6 Å².